The average Bonchev–Trinajstić information content (AvgIpc) is 3.45. The van der Waals surface area contributed by atoms with Crippen LogP contribution in [0.1, 0.15) is 37.1 Å². The Kier molecular flexibility index (Phi) is 5.74. The molecule has 1 N–H and O–H groups in total. The Morgan fingerprint density at radius 1 is 1.06 bits per heavy atom. The number of aromatic nitrogens is 2. The van der Waals surface area contributed by atoms with Gasteiger partial charge in [0.25, 0.3) is 0 Å². The molecule has 0 spiro atoms. The van der Waals surface area contributed by atoms with Gasteiger partial charge < -0.3 is 9.84 Å². The van der Waals surface area contributed by atoms with E-state index in [0.29, 0.717) is 24.1 Å². The number of nitrogens with one attached hydrogen (secondary N) is 1. The molecule has 164 valence electrons. The summed E-state index contributed by atoms with van der Waals surface area (Å²) in [5.41, 5.74) is 0.232. The van der Waals surface area contributed by atoms with Crippen LogP contribution in [0.3, 0.4) is 0 Å². The molecule has 0 unspecified atom stereocenters. The molecule has 0 saturated heterocycles. The van der Waals surface area contributed by atoms with Crippen molar-refractivity contribution in [1.29, 1.82) is 0 Å². The highest BCUT2D eigenvalue weighted by atomic mass is 32.2. The van der Waals surface area contributed by atoms with E-state index in [9.17, 15) is 21.6 Å². The Hall–Kier alpha value is -2.88. The smallest absolute Gasteiger partial charge is 0.376 e. The van der Waals surface area contributed by atoms with Crippen molar-refractivity contribution in [3.05, 3.63) is 60.0 Å². The van der Waals surface area contributed by atoms with Crippen LogP contribution in [0.5, 0.6) is 0 Å². The van der Waals surface area contributed by atoms with E-state index in [4.69, 9.17) is 4.52 Å². The zero-order valence-corrected chi connectivity index (χ0v) is 17.2. The van der Waals surface area contributed by atoms with Crippen LogP contribution in [-0.2, 0) is 22.6 Å². The number of sulfone groups is 1. The molecule has 0 radical (unpaired) electrons. The van der Waals surface area contributed by atoms with Crippen molar-refractivity contribution in [3.8, 4) is 11.4 Å². The van der Waals surface area contributed by atoms with E-state index in [1.54, 1.807) is 24.3 Å². The van der Waals surface area contributed by atoms with Crippen molar-refractivity contribution < 1.29 is 26.1 Å². The van der Waals surface area contributed by atoms with Crippen LogP contribution in [0.2, 0.25) is 0 Å². The van der Waals surface area contributed by atoms with Gasteiger partial charge in [-0.3, -0.25) is 0 Å². The van der Waals surface area contributed by atoms with Crippen LogP contribution < -0.4 is 5.32 Å². The molecule has 1 saturated carbocycles. The van der Waals surface area contributed by atoms with Gasteiger partial charge in [0.1, 0.15) is 0 Å². The van der Waals surface area contributed by atoms with Crippen LogP contribution in [0.4, 0.5) is 18.9 Å². The van der Waals surface area contributed by atoms with E-state index in [0.717, 1.165) is 25.0 Å². The van der Waals surface area contributed by atoms with E-state index in [1.165, 1.54) is 12.1 Å². The summed E-state index contributed by atoms with van der Waals surface area (Å²) >= 11 is 0. The van der Waals surface area contributed by atoms with Gasteiger partial charge in [-0.25, -0.2) is 8.42 Å². The summed E-state index contributed by atoms with van der Waals surface area (Å²) in [4.78, 5) is 4.46. The number of alkyl halides is 3. The fourth-order valence-corrected chi connectivity index (χ4v) is 5.50. The number of benzene rings is 2. The molecule has 1 aliphatic carbocycles. The second-order valence-corrected chi connectivity index (χ2v) is 9.65. The molecule has 0 bridgehead atoms. The van der Waals surface area contributed by atoms with Crippen LogP contribution in [0, 0.1) is 0 Å². The van der Waals surface area contributed by atoms with Crippen molar-refractivity contribution in [3.63, 3.8) is 0 Å². The predicted octanol–water partition coefficient (Wildman–Crippen LogP) is 5.08. The first-order chi connectivity index (χ1) is 14.7. The minimum Gasteiger partial charge on any atom is -0.376 e. The zero-order valence-electron chi connectivity index (χ0n) is 16.4. The average molecular weight is 451 g/mol. The molecule has 3 aromatic rings. The Bertz CT molecular complexity index is 1150. The van der Waals surface area contributed by atoms with Crippen molar-refractivity contribution >= 4 is 15.5 Å². The lowest BCUT2D eigenvalue weighted by Gasteiger charge is -2.12. The third-order valence-electron chi connectivity index (χ3n) is 5.29. The van der Waals surface area contributed by atoms with Crippen molar-refractivity contribution in [2.75, 3.05) is 5.32 Å². The zero-order chi connectivity index (χ0) is 22.1. The molecule has 0 amide bonds. The van der Waals surface area contributed by atoms with Gasteiger partial charge in [-0.05, 0) is 43.2 Å². The van der Waals surface area contributed by atoms with Crippen LogP contribution >= 0.6 is 0 Å². The summed E-state index contributed by atoms with van der Waals surface area (Å²) in [7, 11) is -3.36. The Labute approximate surface area is 177 Å². The van der Waals surface area contributed by atoms with Crippen LogP contribution in [-0.4, -0.2) is 23.8 Å². The summed E-state index contributed by atoms with van der Waals surface area (Å²) in [6.07, 6.45) is -1.17. The maximum absolute atomic E-state index is 12.8. The normalized spacial score (nSPS) is 15.3. The molecule has 10 heteroatoms. The lowest BCUT2D eigenvalue weighted by Crippen LogP contribution is -2.17. The van der Waals surface area contributed by atoms with Crippen LogP contribution in [0.15, 0.2) is 57.9 Å². The highest BCUT2D eigenvalue weighted by Crippen LogP contribution is 2.31. The third kappa shape index (κ3) is 4.73. The van der Waals surface area contributed by atoms with E-state index in [1.807, 2.05) is 0 Å². The molecule has 2 aromatic carbocycles. The second kappa shape index (κ2) is 8.33. The first kappa shape index (κ1) is 21.4. The Morgan fingerprint density at radius 3 is 2.45 bits per heavy atom. The number of rotatable bonds is 6. The largest absolute Gasteiger partial charge is 0.416 e. The minimum absolute atomic E-state index is 0.139. The highest BCUT2D eigenvalue weighted by molar-refractivity contribution is 7.92. The van der Waals surface area contributed by atoms with Crippen molar-refractivity contribution in [1.82, 2.24) is 10.1 Å². The fourth-order valence-electron chi connectivity index (χ4n) is 3.60. The molecule has 1 fully saturated rings. The Balaban J connectivity index is 1.43. The van der Waals surface area contributed by atoms with Gasteiger partial charge in [-0.2, -0.15) is 18.2 Å². The van der Waals surface area contributed by atoms with Crippen molar-refractivity contribution in [2.24, 2.45) is 0 Å². The third-order valence-corrected chi connectivity index (χ3v) is 7.55. The molecule has 1 aromatic heterocycles. The summed E-state index contributed by atoms with van der Waals surface area (Å²) in [6, 6.07) is 11.1. The molecule has 4 rings (SSSR count). The van der Waals surface area contributed by atoms with Gasteiger partial charge in [-0.1, -0.05) is 36.2 Å². The van der Waals surface area contributed by atoms with E-state index < -0.39 is 21.6 Å². The second-order valence-electron chi connectivity index (χ2n) is 7.42. The van der Waals surface area contributed by atoms with Gasteiger partial charge in [-0.15, -0.1) is 0 Å². The number of halogens is 3. The molecule has 0 atom stereocenters. The number of nitrogens with zero attached hydrogens (tertiary/aromatic N) is 2. The molecular formula is C21H20F3N3O3S. The number of hydrogen-bond donors (Lipinski definition) is 1. The van der Waals surface area contributed by atoms with E-state index >= 15 is 0 Å². The maximum atomic E-state index is 12.8. The van der Waals surface area contributed by atoms with Gasteiger partial charge in [0, 0.05) is 11.3 Å². The maximum Gasteiger partial charge on any atom is 0.416 e. The van der Waals surface area contributed by atoms with Gasteiger partial charge in [0.2, 0.25) is 11.7 Å². The monoisotopic (exact) mass is 451 g/mol. The molecule has 1 heterocycles. The molecular weight excluding hydrogens is 431 g/mol. The van der Waals surface area contributed by atoms with Gasteiger partial charge in [0.05, 0.1) is 22.3 Å². The standard InChI is InChI=1S/C21H20F3N3O3S/c22-21(23,24)15-10-8-14(9-11-15)20-26-19(30-27-20)13-25-16-4-3-7-18(12-16)31(28,29)17-5-1-2-6-17/h3-4,7-12,17,25H,1-2,5-6,13H2. The topological polar surface area (TPSA) is 85.1 Å². The highest BCUT2D eigenvalue weighted by Gasteiger charge is 2.31. The van der Waals surface area contributed by atoms with Gasteiger partial charge >= 0.3 is 6.18 Å². The Morgan fingerprint density at radius 2 is 1.77 bits per heavy atom. The lowest BCUT2D eigenvalue weighted by atomic mass is 10.1. The lowest BCUT2D eigenvalue weighted by molar-refractivity contribution is -0.137. The number of hydrogen-bond acceptors (Lipinski definition) is 6. The molecule has 0 aliphatic heterocycles. The van der Waals surface area contributed by atoms with Gasteiger partial charge in [0.15, 0.2) is 9.84 Å². The SMILES string of the molecule is O=S(=O)(c1cccc(NCc2nc(-c3ccc(C(F)(F)F)cc3)no2)c1)C1CCCC1. The summed E-state index contributed by atoms with van der Waals surface area (Å²) in [6.45, 7) is 0.139. The van der Waals surface area contributed by atoms with Crippen molar-refractivity contribution in [2.45, 2.75) is 48.5 Å². The molecule has 31 heavy (non-hydrogen) atoms. The van der Waals surface area contributed by atoms with Crippen LogP contribution in [0.25, 0.3) is 11.4 Å². The van der Waals surface area contributed by atoms with E-state index in [2.05, 4.69) is 15.5 Å². The first-order valence-electron chi connectivity index (χ1n) is 9.81. The summed E-state index contributed by atoms with van der Waals surface area (Å²) in [5.74, 6) is 0.391. The predicted molar refractivity (Wildman–Crippen MR) is 108 cm³/mol. The molecule has 6 nitrogen and oxygen atoms in total. The van der Waals surface area contributed by atoms with E-state index in [-0.39, 0.29) is 28.4 Å². The number of anilines is 1. The fraction of sp³-hybridized carbons (Fsp3) is 0.333. The minimum atomic E-state index is -4.41. The summed E-state index contributed by atoms with van der Waals surface area (Å²) in [5, 5.41) is 6.52. The molecule has 1 aliphatic rings. The first-order valence-corrected chi connectivity index (χ1v) is 11.4. The quantitative estimate of drug-likeness (QED) is 0.562. The summed E-state index contributed by atoms with van der Waals surface area (Å²) < 4.78 is 68.7.